The van der Waals surface area contributed by atoms with Crippen molar-refractivity contribution in [2.75, 3.05) is 11.1 Å². The number of amides is 1. The molecular weight excluding hydrogens is 298 g/mol. The predicted octanol–water partition coefficient (Wildman–Crippen LogP) is 2.78. The number of hydrogen-bond donors (Lipinski definition) is 1. The number of nitrogens with zero attached hydrogens (tertiary/aromatic N) is 4. The first-order valence-electron chi connectivity index (χ1n) is 7.07. The fourth-order valence-electron chi connectivity index (χ4n) is 2.01. The maximum atomic E-state index is 12.2. The molecule has 0 radical (unpaired) electrons. The third-order valence-electron chi connectivity index (χ3n) is 3.15. The van der Waals surface area contributed by atoms with Gasteiger partial charge in [0.2, 0.25) is 11.1 Å². The summed E-state index contributed by atoms with van der Waals surface area (Å²) >= 11 is 1.33. The van der Waals surface area contributed by atoms with E-state index in [2.05, 4.69) is 20.8 Å². The van der Waals surface area contributed by atoms with Crippen LogP contribution in [-0.4, -0.2) is 31.9 Å². The second-order valence-corrected chi connectivity index (χ2v) is 7.09. The first-order chi connectivity index (χ1) is 10.3. The smallest absolute Gasteiger partial charge is 0.234 e. The van der Waals surface area contributed by atoms with E-state index in [1.165, 1.54) is 11.8 Å². The van der Waals surface area contributed by atoms with Crippen LogP contribution in [0.2, 0.25) is 0 Å². The van der Waals surface area contributed by atoms with Crippen molar-refractivity contribution in [2.24, 2.45) is 0 Å². The van der Waals surface area contributed by atoms with Gasteiger partial charge in [-0.3, -0.25) is 4.79 Å². The predicted molar refractivity (Wildman–Crippen MR) is 88.1 cm³/mol. The molecule has 6 nitrogen and oxygen atoms in total. The highest BCUT2D eigenvalue weighted by molar-refractivity contribution is 7.99. The summed E-state index contributed by atoms with van der Waals surface area (Å²) in [6, 6.07) is 5.94. The van der Waals surface area contributed by atoms with Crippen molar-refractivity contribution in [1.29, 1.82) is 0 Å². The standard InChI is InChI=1S/C15H21N5OS/c1-10-7-6-8-11(2)13(10)16-12(21)9-22-14-17-18-19-20(14)15(3,4)5/h6-8H,9H2,1-5H3,(H,16,21). The van der Waals surface area contributed by atoms with Gasteiger partial charge in [0, 0.05) is 5.69 Å². The highest BCUT2D eigenvalue weighted by Gasteiger charge is 2.20. The molecule has 0 aliphatic rings. The third kappa shape index (κ3) is 3.85. The molecule has 0 spiro atoms. The van der Waals surface area contributed by atoms with Crippen molar-refractivity contribution in [1.82, 2.24) is 20.2 Å². The van der Waals surface area contributed by atoms with E-state index in [1.54, 1.807) is 4.68 Å². The zero-order valence-electron chi connectivity index (χ0n) is 13.5. The van der Waals surface area contributed by atoms with Crippen molar-refractivity contribution in [3.05, 3.63) is 29.3 Å². The fraction of sp³-hybridized carbons (Fsp3) is 0.467. The van der Waals surface area contributed by atoms with Gasteiger partial charge in [0.1, 0.15) is 0 Å². The van der Waals surface area contributed by atoms with Crippen LogP contribution in [0.5, 0.6) is 0 Å². The molecule has 0 aliphatic heterocycles. The Bertz CT molecular complexity index is 655. The molecule has 0 unspecified atom stereocenters. The van der Waals surface area contributed by atoms with E-state index >= 15 is 0 Å². The Hall–Kier alpha value is -1.89. The lowest BCUT2D eigenvalue weighted by molar-refractivity contribution is -0.113. The van der Waals surface area contributed by atoms with Crippen LogP contribution in [0.15, 0.2) is 23.4 Å². The molecule has 118 valence electrons. The Morgan fingerprint density at radius 3 is 2.50 bits per heavy atom. The quantitative estimate of drug-likeness (QED) is 0.877. The fourth-order valence-corrected chi connectivity index (χ4v) is 2.87. The highest BCUT2D eigenvalue weighted by Crippen LogP contribution is 2.23. The van der Waals surface area contributed by atoms with Gasteiger partial charge in [0.15, 0.2) is 0 Å². The average molecular weight is 319 g/mol. The summed E-state index contributed by atoms with van der Waals surface area (Å²) in [5.74, 6) is 0.204. The maximum Gasteiger partial charge on any atom is 0.234 e. The lowest BCUT2D eigenvalue weighted by atomic mass is 10.1. The SMILES string of the molecule is Cc1cccc(C)c1NC(=O)CSc1nnnn1C(C)(C)C. The van der Waals surface area contributed by atoms with Crippen molar-refractivity contribution in [3.8, 4) is 0 Å². The molecule has 0 aliphatic carbocycles. The van der Waals surface area contributed by atoms with Crippen LogP contribution in [-0.2, 0) is 10.3 Å². The molecule has 0 bridgehead atoms. The average Bonchev–Trinajstić information content (AvgIpc) is 2.89. The van der Waals surface area contributed by atoms with Crippen LogP contribution in [0.1, 0.15) is 31.9 Å². The van der Waals surface area contributed by atoms with Gasteiger partial charge in [-0.05, 0) is 56.2 Å². The first-order valence-corrected chi connectivity index (χ1v) is 8.05. The number of nitrogens with one attached hydrogen (secondary N) is 1. The summed E-state index contributed by atoms with van der Waals surface area (Å²) in [6.45, 7) is 10.0. The minimum absolute atomic E-state index is 0.0640. The number of tetrazole rings is 1. The zero-order chi connectivity index (χ0) is 16.3. The minimum Gasteiger partial charge on any atom is -0.325 e. The normalized spacial score (nSPS) is 11.5. The number of hydrogen-bond acceptors (Lipinski definition) is 5. The molecule has 7 heteroatoms. The summed E-state index contributed by atoms with van der Waals surface area (Å²) in [5.41, 5.74) is 2.77. The molecule has 22 heavy (non-hydrogen) atoms. The second kappa shape index (κ2) is 6.48. The van der Waals surface area contributed by atoms with E-state index in [-0.39, 0.29) is 17.2 Å². The number of anilines is 1. The van der Waals surface area contributed by atoms with Crippen LogP contribution < -0.4 is 5.32 Å². The van der Waals surface area contributed by atoms with E-state index in [9.17, 15) is 4.79 Å². The van der Waals surface area contributed by atoms with Crippen LogP contribution >= 0.6 is 11.8 Å². The molecule has 1 amide bonds. The van der Waals surface area contributed by atoms with Crippen molar-refractivity contribution < 1.29 is 4.79 Å². The molecule has 1 N–H and O–H groups in total. The molecule has 1 aromatic carbocycles. The van der Waals surface area contributed by atoms with Gasteiger partial charge < -0.3 is 5.32 Å². The largest absolute Gasteiger partial charge is 0.325 e. The summed E-state index contributed by atoms with van der Waals surface area (Å²) in [7, 11) is 0. The summed E-state index contributed by atoms with van der Waals surface area (Å²) < 4.78 is 1.73. The number of aryl methyl sites for hydroxylation is 2. The zero-order valence-corrected chi connectivity index (χ0v) is 14.4. The number of para-hydroxylation sites is 1. The van der Waals surface area contributed by atoms with E-state index in [0.717, 1.165) is 16.8 Å². The van der Waals surface area contributed by atoms with Gasteiger partial charge in [0.25, 0.3) is 0 Å². The number of thioether (sulfide) groups is 1. The molecule has 2 rings (SSSR count). The van der Waals surface area contributed by atoms with E-state index < -0.39 is 0 Å². The molecular formula is C15H21N5OS. The molecule has 1 heterocycles. The third-order valence-corrected chi connectivity index (χ3v) is 4.07. The van der Waals surface area contributed by atoms with E-state index in [0.29, 0.717) is 5.16 Å². The van der Waals surface area contributed by atoms with Gasteiger partial charge in [-0.1, -0.05) is 30.0 Å². The van der Waals surface area contributed by atoms with E-state index in [1.807, 2.05) is 52.8 Å². The maximum absolute atomic E-state index is 12.2. The number of carbonyl (C=O) groups excluding carboxylic acids is 1. The number of benzene rings is 1. The minimum atomic E-state index is -0.213. The molecule has 2 aromatic rings. The van der Waals surface area contributed by atoms with Gasteiger partial charge in [-0.25, -0.2) is 4.68 Å². The van der Waals surface area contributed by atoms with Crippen LogP contribution in [0.3, 0.4) is 0 Å². The highest BCUT2D eigenvalue weighted by atomic mass is 32.2. The second-order valence-electron chi connectivity index (χ2n) is 6.15. The lowest BCUT2D eigenvalue weighted by Gasteiger charge is -2.19. The number of carbonyl (C=O) groups is 1. The van der Waals surface area contributed by atoms with Crippen LogP contribution in [0.25, 0.3) is 0 Å². The summed E-state index contributed by atoms with van der Waals surface area (Å²) in [5, 5.41) is 15.3. The Labute approximate surface area is 134 Å². The van der Waals surface area contributed by atoms with Crippen molar-refractivity contribution in [2.45, 2.75) is 45.3 Å². The molecule has 0 saturated heterocycles. The Balaban J connectivity index is 2.01. The van der Waals surface area contributed by atoms with Crippen molar-refractivity contribution in [3.63, 3.8) is 0 Å². The number of aromatic nitrogens is 4. The van der Waals surface area contributed by atoms with Gasteiger partial charge >= 0.3 is 0 Å². The first kappa shape index (κ1) is 16.5. The molecule has 1 aromatic heterocycles. The molecule has 0 saturated carbocycles. The summed E-state index contributed by atoms with van der Waals surface area (Å²) in [4.78, 5) is 12.2. The van der Waals surface area contributed by atoms with Gasteiger partial charge in [0.05, 0.1) is 11.3 Å². The van der Waals surface area contributed by atoms with Crippen molar-refractivity contribution >= 4 is 23.4 Å². The van der Waals surface area contributed by atoms with Gasteiger partial charge in [-0.2, -0.15) is 0 Å². The topological polar surface area (TPSA) is 72.7 Å². The number of rotatable bonds is 4. The van der Waals surface area contributed by atoms with E-state index in [4.69, 9.17) is 0 Å². The Kier molecular flexibility index (Phi) is 4.85. The Morgan fingerprint density at radius 1 is 1.27 bits per heavy atom. The van der Waals surface area contributed by atoms with Gasteiger partial charge in [-0.15, -0.1) is 5.10 Å². The lowest BCUT2D eigenvalue weighted by Crippen LogP contribution is -2.24. The summed E-state index contributed by atoms with van der Waals surface area (Å²) in [6.07, 6.45) is 0. The van der Waals surface area contributed by atoms with Crippen LogP contribution in [0.4, 0.5) is 5.69 Å². The molecule has 0 fully saturated rings. The van der Waals surface area contributed by atoms with Crippen LogP contribution in [0, 0.1) is 13.8 Å². The Morgan fingerprint density at radius 2 is 1.91 bits per heavy atom. The molecule has 0 atom stereocenters. The monoisotopic (exact) mass is 319 g/mol.